The molecule has 4 heteroatoms. The van der Waals surface area contributed by atoms with Gasteiger partial charge in [-0.2, -0.15) is 13.2 Å². The van der Waals surface area contributed by atoms with E-state index in [1.807, 2.05) is 13.8 Å². The maximum atomic E-state index is 11.8. The van der Waals surface area contributed by atoms with Crippen LogP contribution in [0, 0.1) is 5.92 Å². The minimum atomic E-state index is -4.09. The van der Waals surface area contributed by atoms with Crippen LogP contribution in [-0.2, 0) is 0 Å². The first-order chi connectivity index (χ1) is 6.35. The molecule has 0 aromatic carbocycles. The second-order valence-electron chi connectivity index (χ2n) is 3.91. The van der Waals surface area contributed by atoms with E-state index in [9.17, 15) is 18.3 Å². The van der Waals surface area contributed by atoms with E-state index in [2.05, 4.69) is 0 Å². The van der Waals surface area contributed by atoms with Crippen molar-refractivity contribution in [3.8, 4) is 0 Å². The normalized spacial score (nSPS) is 16.7. The van der Waals surface area contributed by atoms with Crippen LogP contribution in [0.2, 0.25) is 0 Å². The van der Waals surface area contributed by atoms with Gasteiger partial charge in [0.1, 0.15) is 0 Å². The maximum Gasteiger partial charge on any atom is 0.389 e. The van der Waals surface area contributed by atoms with Gasteiger partial charge in [-0.3, -0.25) is 0 Å². The summed E-state index contributed by atoms with van der Waals surface area (Å²) in [6.07, 6.45) is -3.61. The molecule has 0 bridgehead atoms. The topological polar surface area (TPSA) is 20.2 Å². The third-order valence-electron chi connectivity index (χ3n) is 2.37. The number of aliphatic hydroxyl groups excluding tert-OH is 1. The van der Waals surface area contributed by atoms with E-state index in [1.54, 1.807) is 0 Å². The Kier molecular flexibility index (Phi) is 6.16. The Bertz CT molecular complexity index is 145. The van der Waals surface area contributed by atoms with Crippen LogP contribution in [0.15, 0.2) is 0 Å². The van der Waals surface area contributed by atoms with Gasteiger partial charge in [0.05, 0.1) is 6.10 Å². The van der Waals surface area contributed by atoms with Gasteiger partial charge in [-0.25, -0.2) is 0 Å². The standard InChI is InChI=1S/C10H19F3O/c1-3-8(2)7-9(14)5-4-6-10(11,12)13/h8-9,14H,3-7H2,1-2H3. The third-order valence-corrected chi connectivity index (χ3v) is 2.37. The SMILES string of the molecule is CCC(C)CC(O)CCCC(F)(F)F. The summed E-state index contributed by atoms with van der Waals surface area (Å²) in [6, 6.07) is 0. The molecule has 0 saturated heterocycles. The predicted octanol–water partition coefficient (Wildman–Crippen LogP) is 3.52. The van der Waals surface area contributed by atoms with Crippen LogP contribution in [0.25, 0.3) is 0 Å². The molecule has 0 radical (unpaired) electrons. The van der Waals surface area contributed by atoms with E-state index in [0.29, 0.717) is 12.3 Å². The Hall–Kier alpha value is -0.250. The molecule has 0 aliphatic heterocycles. The minimum absolute atomic E-state index is 0.0289. The first-order valence-electron chi connectivity index (χ1n) is 5.10. The van der Waals surface area contributed by atoms with Gasteiger partial charge < -0.3 is 5.11 Å². The van der Waals surface area contributed by atoms with Gasteiger partial charge >= 0.3 is 6.18 Å². The Morgan fingerprint density at radius 3 is 2.29 bits per heavy atom. The van der Waals surface area contributed by atoms with Crippen LogP contribution in [-0.4, -0.2) is 17.4 Å². The lowest BCUT2D eigenvalue weighted by Gasteiger charge is -2.15. The lowest BCUT2D eigenvalue weighted by molar-refractivity contribution is -0.136. The van der Waals surface area contributed by atoms with Crippen LogP contribution in [0.5, 0.6) is 0 Å². The van der Waals surface area contributed by atoms with Gasteiger partial charge in [-0.15, -0.1) is 0 Å². The van der Waals surface area contributed by atoms with Crippen molar-refractivity contribution in [3.05, 3.63) is 0 Å². The van der Waals surface area contributed by atoms with Gasteiger partial charge in [0, 0.05) is 6.42 Å². The summed E-state index contributed by atoms with van der Waals surface area (Å²) in [6.45, 7) is 4.00. The fourth-order valence-corrected chi connectivity index (χ4v) is 1.29. The molecule has 86 valence electrons. The molecule has 0 aliphatic rings. The quantitative estimate of drug-likeness (QED) is 0.714. The Balaban J connectivity index is 3.49. The van der Waals surface area contributed by atoms with Gasteiger partial charge in [-0.05, 0) is 25.2 Å². The summed E-state index contributed by atoms with van der Waals surface area (Å²) in [5, 5.41) is 9.38. The van der Waals surface area contributed by atoms with Gasteiger partial charge in [0.2, 0.25) is 0 Å². The van der Waals surface area contributed by atoms with E-state index >= 15 is 0 Å². The molecule has 1 N–H and O–H groups in total. The molecule has 14 heavy (non-hydrogen) atoms. The molecule has 2 unspecified atom stereocenters. The monoisotopic (exact) mass is 212 g/mol. The average molecular weight is 212 g/mol. The van der Waals surface area contributed by atoms with Gasteiger partial charge in [0.25, 0.3) is 0 Å². The first kappa shape index (κ1) is 13.8. The highest BCUT2D eigenvalue weighted by Crippen LogP contribution is 2.23. The lowest BCUT2D eigenvalue weighted by Crippen LogP contribution is -2.13. The molecule has 0 heterocycles. The molecular weight excluding hydrogens is 193 g/mol. The molecule has 2 atom stereocenters. The minimum Gasteiger partial charge on any atom is -0.393 e. The number of alkyl halides is 3. The van der Waals surface area contributed by atoms with E-state index in [-0.39, 0.29) is 12.8 Å². The summed E-state index contributed by atoms with van der Waals surface area (Å²) < 4.78 is 35.3. The molecule has 0 aliphatic carbocycles. The molecule has 0 spiro atoms. The molecule has 0 rings (SSSR count). The largest absolute Gasteiger partial charge is 0.393 e. The highest BCUT2D eigenvalue weighted by Gasteiger charge is 2.26. The van der Waals surface area contributed by atoms with Crippen LogP contribution in [0.3, 0.4) is 0 Å². The molecule has 0 amide bonds. The first-order valence-corrected chi connectivity index (χ1v) is 5.10. The van der Waals surface area contributed by atoms with Gasteiger partial charge in [0.15, 0.2) is 0 Å². The maximum absolute atomic E-state index is 11.8. The van der Waals surface area contributed by atoms with E-state index in [1.165, 1.54) is 0 Å². The second kappa shape index (κ2) is 6.27. The smallest absolute Gasteiger partial charge is 0.389 e. The highest BCUT2D eigenvalue weighted by molar-refractivity contribution is 4.62. The average Bonchev–Trinajstić information content (AvgIpc) is 2.01. The number of rotatable bonds is 6. The van der Waals surface area contributed by atoms with E-state index in [4.69, 9.17) is 0 Å². The van der Waals surface area contributed by atoms with Crippen LogP contribution < -0.4 is 0 Å². The third kappa shape index (κ3) is 8.35. The fraction of sp³-hybridized carbons (Fsp3) is 1.00. The zero-order valence-electron chi connectivity index (χ0n) is 8.77. The molecule has 0 saturated carbocycles. The van der Waals surface area contributed by atoms with Crippen LogP contribution in [0.1, 0.15) is 46.0 Å². The van der Waals surface area contributed by atoms with Crippen molar-refractivity contribution in [3.63, 3.8) is 0 Å². The number of halogens is 3. The molecule has 1 nitrogen and oxygen atoms in total. The summed E-state index contributed by atoms with van der Waals surface area (Å²) in [5.74, 6) is 0.385. The van der Waals surface area contributed by atoms with E-state index in [0.717, 1.165) is 6.42 Å². The Morgan fingerprint density at radius 2 is 1.86 bits per heavy atom. The second-order valence-corrected chi connectivity index (χ2v) is 3.91. The van der Waals surface area contributed by atoms with Crippen molar-refractivity contribution in [2.45, 2.75) is 58.2 Å². The molecule has 0 fully saturated rings. The number of hydrogen-bond donors (Lipinski definition) is 1. The summed E-state index contributed by atoms with van der Waals surface area (Å²) in [4.78, 5) is 0. The molecule has 0 aromatic rings. The summed E-state index contributed by atoms with van der Waals surface area (Å²) >= 11 is 0. The number of hydrogen-bond acceptors (Lipinski definition) is 1. The Morgan fingerprint density at radius 1 is 1.29 bits per heavy atom. The molecular formula is C10H19F3O. The van der Waals surface area contributed by atoms with Crippen LogP contribution in [0.4, 0.5) is 13.2 Å². The highest BCUT2D eigenvalue weighted by atomic mass is 19.4. The van der Waals surface area contributed by atoms with E-state index < -0.39 is 18.7 Å². The van der Waals surface area contributed by atoms with Crippen molar-refractivity contribution in [2.75, 3.05) is 0 Å². The van der Waals surface area contributed by atoms with Crippen molar-refractivity contribution in [2.24, 2.45) is 5.92 Å². The van der Waals surface area contributed by atoms with Crippen molar-refractivity contribution in [1.82, 2.24) is 0 Å². The number of aliphatic hydroxyl groups is 1. The summed E-state index contributed by atoms with van der Waals surface area (Å²) in [5.41, 5.74) is 0. The van der Waals surface area contributed by atoms with Crippen molar-refractivity contribution in [1.29, 1.82) is 0 Å². The Labute approximate surface area is 83.3 Å². The van der Waals surface area contributed by atoms with Crippen molar-refractivity contribution >= 4 is 0 Å². The lowest BCUT2D eigenvalue weighted by atomic mass is 9.98. The summed E-state index contributed by atoms with van der Waals surface area (Å²) in [7, 11) is 0. The molecule has 0 aromatic heterocycles. The van der Waals surface area contributed by atoms with Gasteiger partial charge in [-0.1, -0.05) is 20.3 Å². The van der Waals surface area contributed by atoms with Crippen LogP contribution >= 0.6 is 0 Å². The predicted molar refractivity (Wildman–Crippen MR) is 50.0 cm³/mol. The zero-order chi connectivity index (χ0) is 11.2. The van der Waals surface area contributed by atoms with Crippen molar-refractivity contribution < 1.29 is 18.3 Å². The fourth-order valence-electron chi connectivity index (χ4n) is 1.29. The zero-order valence-corrected chi connectivity index (χ0v) is 8.77.